The predicted molar refractivity (Wildman–Crippen MR) is 34.1 cm³/mol. The molecule has 0 saturated carbocycles. The van der Waals surface area contributed by atoms with Gasteiger partial charge in [0.05, 0.1) is 4.99 Å². The summed E-state index contributed by atoms with van der Waals surface area (Å²) in [5.74, 6) is 0. The molecule has 10 heavy (non-hydrogen) atoms. The molecule has 2 atom stereocenters. The highest BCUT2D eigenvalue weighted by Gasteiger charge is 2.47. The van der Waals surface area contributed by atoms with Gasteiger partial charge in [-0.05, 0) is 6.92 Å². The van der Waals surface area contributed by atoms with Crippen LogP contribution in [0, 0.1) is 0 Å². The third-order valence-corrected chi connectivity index (χ3v) is 3.51. The third kappa shape index (κ3) is 1.83. The van der Waals surface area contributed by atoms with Crippen LogP contribution in [0.4, 0.5) is 13.2 Å². The van der Waals surface area contributed by atoms with Crippen molar-refractivity contribution in [2.45, 2.75) is 17.4 Å². The van der Waals surface area contributed by atoms with Crippen LogP contribution in [0.2, 0.25) is 0 Å². The van der Waals surface area contributed by atoms with Crippen LogP contribution in [0.3, 0.4) is 0 Å². The SMILES string of the molecule is CC(P)S(=O)(=O)C(F)(F)F. The number of sulfone groups is 1. The highest BCUT2D eigenvalue weighted by molar-refractivity contribution is 7.96. The van der Waals surface area contributed by atoms with Crippen molar-refractivity contribution in [3.05, 3.63) is 0 Å². The molecule has 0 fully saturated rings. The summed E-state index contributed by atoms with van der Waals surface area (Å²) in [5, 5.41) is 0. The lowest BCUT2D eigenvalue weighted by Gasteiger charge is -2.09. The zero-order valence-corrected chi connectivity index (χ0v) is 6.98. The second-order valence-corrected chi connectivity index (χ2v) is 5.48. The molecule has 0 aliphatic rings. The number of halogens is 3. The molecule has 0 aromatic rings. The average Bonchev–Trinajstić information content (AvgIpc) is 1.62. The molecule has 62 valence electrons. The molecule has 0 aliphatic heterocycles. The van der Waals surface area contributed by atoms with E-state index in [4.69, 9.17) is 0 Å². The Morgan fingerprint density at radius 2 is 1.70 bits per heavy atom. The Labute approximate surface area is 58.9 Å². The van der Waals surface area contributed by atoms with Gasteiger partial charge in [-0.25, -0.2) is 8.42 Å². The summed E-state index contributed by atoms with van der Waals surface area (Å²) in [6.07, 6.45) is 0. The lowest BCUT2D eigenvalue weighted by atomic mass is 11.0. The zero-order valence-electron chi connectivity index (χ0n) is 5.01. The number of rotatable bonds is 1. The van der Waals surface area contributed by atoms with E-state index < -0.39 is 20.3 Å². The number of hydrogen-bond acceptors (Lipinski definition) is 2. The summed E-state index contributed by atoms with van der Waals surface area (Å²) in [6.45, 7) is 0.952. The predicted octanol–water partition coefficient (Wildman–Crippen LogP) is 1.14. The molecule has 0 aliphatic carbocycles. The average molecular weight is 194 g/mol. The van der Waals surface area contributed by atoms with E-state index in [1.54, 1.807) is 9.24 Å². The lowest BCUT2D eigenvalue weighted by Crippen LogP contribution is -2.28. The van der Waals surface area contributed by atoms with Gasteiger partial charge in [0.15, 0.2) is 0 Å². The van der Waals surface area contributed by atoms with E-state index in [0.717, 1.165) is 6.92 Å². The quantitative estimate of drug-likeness (QED) is 0.586. The molecule has 2 nitrogen and oxygen atoms in total. The second-order valence-electron chi connectivity index (χ2n) is 1.70. The maximum Gasteiger partial charge on any atom is 0.497 e. The van der Waals surface area contributed by atoms with Crippen molar-refractivity contribution in [2.75, 3.05) is 0 Å². The van der Waals surface area contributed by atoms with E-state index in [9.17, 15) is 21.6 Å². The molecule has 7 heteroatoms. The maximum atomic E-state index is 11.5. The van der Waals surface area contributed by atoms with Gasteiger partial charge in [-0.1, -0.05) is 0 Å². The molecule has 0 spiro atoms. The first-order valence-electron chi connectivity index (χ1n) is 2.25. The fourth-order valence-electron chi connectivity index (χ4n) is 0.211. The lowest BCUT2D eigenvalue weighted by molar-refractivity contribution is -0.0436. The van der Waals surface area contributed by atoms with Gasteiger partial charge in [0.2, 0.25) is 0 Å². The van der Waals surface area contributed by atoms with Crippen LogP contribution in [-0.4, -0.2) is 18.9 Å². The van der Waals surface area contributed by atoms with Crippen LogP contribution < -0.4 is 0 Å². The molecule has 0 heterocycles. The minimum Gasteiger partial charge on any atom is -0.219 e. The van der Waals surface area contributed by atoms with Gasteiger partial charge >= 0.3 is 5.51 Å². The van der Waals surface area contributed by atoms with E-state index >= 15 is 0 Å². The highest BCUT2D eigenvalue weighted by atomic mass is 32.2. The van der Waals surface area contributed by atoms with Crippen molar-refractivity contribution < 1.29 is 21.6 Å². The van der Waals surface area contributed by atoms with Crippen molar-refractivity contribution in [3.8, 4) is 0 Å². The maximum absolute atomic E-state index is 11.5. The molecular formula is C3H6F3O2PS. The molecule has 0 radical (unpaired) electrons. The van der Waals surface area contributed by atoms with Gasteiger partial charge in [-0.3, -0.25) is 0 Å². The van der Waals surface area contributed by atoms with E-state index in [-0.39, 0.29) is 0 Å². The van der Waals surface area contributed by atoms with E-state index in [2.05, 4.69) is 0 Å². The Morgan fingerprint density at radius 3 is 1.70 bits per heavy atom. The Balaban J connectivity index is 4.79. The van der Waals surface area contributed by atoms with Gasteiger partial charge < -0.3 is 0 Å². The van der Waals surface area contributed by atoms with E-state index in [1.807, 2.05) is 0 Å². The van der Waals surface area contributed by atoms with Gasteiger partial charge in [-0.2, -0.15) is 13.2 Å². The molecule has 0 bridgehead atoms. The Kier molecular flexibility index (Phi) is 2.70. The molecule has 0 aromatic heterocycles. The van der Waals surface area contributed by atoms with Crippen LogP contribution in [0.5, 0.6) is 0 Å². The Hall–Kier alpha value is 0.170. The van der Waals surface area contributed by atoms with E-state index in [1.165, 1.54) is 0 Å². The summed E-state index contributed by atoms with van der Waals surface area (Å²) in [4.78, 5) is -1.48. The molecule has 0 amide bonds. The normalized spacial score (nSPS) is 16.9. The van der Waals surface area contributed by atoms with Gasteiger partial charge in [0, 0.05) is 0 Å². The third-order valence-electron chi connectivity index (χ3n) is 0.812. The fourth-order valence-corrected chi connectivity index (χ4v) is 1.10. The van der Waals surface area contributed by atoms with Crippen LogP contribution in [0.25, 0.3) is 0 Å². The molecule has 0 saturated heterocycles. The first kappa shape index (κ1) is 10.2. The summed E-state index contributed by atoms with van der Waals surface area (Å²) in [5.41, 5.74) is -5.13. The largest absolute Gasteiger partial charge is 0.497 e. The van der Waals surface area contributed by atoms with Crippen LogP contribution in [-0.2, 0) is 9.84 Å². The monoisotopic (exact) mass is 194 g/mol. The van der Waals surface area contributed by atoms with Crippen LogP contribution in [0.1, 0.15) is 6.92 Å². The molecular weight excluding hydrogens is 188 g/mol. The molecule has 0 N–H and O–H groups in total. The van der Waals surface area contributed by atoms with Gasteiger partial charge in [0.1, 0.15) is 0 Å². The Bertz CT molecular complexity index is 204. The highest BCUT2D eigenvalue weighted by Crippen LogP contribution is 2.29. The fraction of sp³-hybridized carbons (Fsp3) is 1.00. The van der Waals surface area contributed by atoms with Crippen LogP contribution >= 0.6 is 9.24 Å². The number of hydrogen-bond donors (Lipinski definition) is 0. The topological polar surface area (TPSA) is 34.1 Å². The first-order chi connectivity index (χ1) is 4.19. The van der Waals surface area contributed by atoms with Crippen molar-refractivity contribution in [3.63, 3.8) is 0 Å². The smallest absolute Gasteiger partial charge is 0.219 e. The molecule has 2 unspecified atom stereocenters. The van der Waals surface area contributed by atoms with Crippen molar-refractivity contribution in [2.24, 2.45) is 0 Å². The minimum atomic E-state index is -5.13. The standard InChI is InChI=1S/C3H6F3O2PS/c1-2(9)10(7,8)3(4,5)6/h2H,9H2,1H3. The van der Waals surface area contributed by atoms with Gasteiger partial charge in [0.25, 0.3) is 9.84 Å². The second kappa shape index (κ2) is 2.66. The molecule has 0 aromatic carbocycles. The Morgan fingerprint density at radius 1 is 1.40 bits per heavy atom. The van der Waals surface area contributed by atoms with Crippen molar-refractivity contribution >= 4 is 19.1 Å². The minimum absolute atomic E-state index is 0.952. The first-order valence-corrected chi connectivity index (χ1v) is 4.46. The van der Waals surface area contributed by atoms with Crippen molar-refractivity contribution in [1.82, 2.24) is 0 Å². The van der Waals surface area contributed by atoms with Crippen molar-refractivity contribution in [1.29, 1.82) is 0 Å². The van der Waals surface area contributed by atoms with Gasteiger partial charge in [-0.15, -0.1) is 9.24 Å². The van der Waals surface area contributed by atoms with Crippen LogP contribution in [0.15, 0.2) is 0 Å². The molecule has 0 rings (SSSR count). The zero-order chi connectivity index (χ0) is 8.58. The summed E-state index contributed by atoms with van der Waals surface area (Å²) < 4.78 is 54.9. The summed E-state index contributed by atoms with van der Waals surface area (Å²) in [7, 11) is -3.37. The summed E-state index contributed by atoms with van der Waals surface area (Å²) in [6, 6.07) is 0. The van der Waals surface area contributed by atoms with E-state index in [0.29, 0.717) is 0 Å². The number of alkyl halides is 3. The summed E-state index contributed by atoms with van der Waals surface area (Å²) >= 11 is 0.